The number of nitrogens with one attached hydrogen (secondary N) is 2. The van der Waals surface area contributed by atoms with Crippen LogP contribution < -0.4 is 10.6 Å². The highest BCUT2D eigenvalue weighted by Crippen LogP contribution is 2.31. The second kappa shape index (κ2) is 9.20. The first-order valence-corrected chi connectivity index (χ1v) is 9.23. The van der Waals surface area contributed by atoms with Crippen molar-refractivity contribution in [3.63, 3.8) is 0 Å². The van der Waals surface area contributed by atoms with Gasteiger partial charge in [0.2, 0.25) is 0 Å². The molecule has 0 spiro atoms. The fourth-order valence-electron chi connectivity index (χ4n) is 2.67. The van der Waals surface area contributed by atoms with Gasteiger partial charge < -0.3 is 20.5 Å². The summed E-state index contributed by atoms with van der Waals surface area (Å²) in [6.07, 6.45) is 2.70. The lowest BCUT2D eigenvalue weighted by Crippen LogP contribution is -2.44. The fourth-order valence-corrected chi connectivity index (χ4v) is 3.40. The van der Waals surface area contributed by atoms with Gasteiger partial charge in [0.1, 0.15) is 0 Å². The van der Waals surface area contributed by atoms with E-state index in [9.17, 15) is 5.11 Å². The van der Waals surface area contributed by atoms with E-state index in [1.807, 2.05) is 0 Å². The molecule has 1 fully saturated rings. The van der Waals surface area contributed by atoms with Gasteiger partial charge in [-0.2, -0.15) is 0 Å². The standard InChI is InChI=1S/C16H28N4O2S/c1-3-14-20-13(10-23-14)9-18-15(17-4-2)19-11-16(5-7-21)6-8-22-12-16/h10,21H,3-9,11-12H2,1-2H3,(H2,17,18,19). The maximum atomic E-state index is 9.30. The van der Waals surface area contributed by atoms with Crippen molar-refractivity contribution < 1.29 is 9.84 Å². The fraction of sp³-hybridized carbons (Fsp3) is 0.750. The van der Waals surface area contributed by atoms with Gasteiger partial charge in [-0.3, -0.25) is 0 Å². The molecule has 2 heterocycles. The van der Waals surface area contributed by atoms with Crippen LogP contribution in [0.2, 0.25) is 0 Å². The predicted octanol–water partition coefficient (Wildman–Crippen LogP) is 1.55. The number of aliphatic hydroxyl groups excluding tert-OH is 1. The molecule has 1 aromatic heterocycles. The largest absolute Gasteiger partial charge is 0.396 e. The topological polar surface area (TPSA) is 78.8 Å². The van der Waals surface area contributed by atoms with Crippen molar-refractivity contribution in [2.45, 2.75) is 39.7 Å². The Hall–Kier alpha value is -1.18. The van der Waals surface area contributed by atoms with E-state index in [0.717, 1.165) is 55.6 Å². The van der Waals surface area contributed by atoms with Gasteiger partial charge in [0.15, 0.2) is 5.96 Å². The van der Waals surface area contributed by atoms with Crippen LogP contribution in [0.5, 0.6) is 0 Å². The molecule has 1 aliphatic heterocycles. The molecular weight excluding hydrogens is 312 g/mol. The molecule has 1 atom stereocenters. The van der Waals surface area contributed by atoms with Crippen molar-refractivity contribution in [3.8, 4) is 0 Å². The first kappa shape index (κ1) is 18.2. The number of aryl methyl sites for hydroxylation is 1. The highest BCUT2D eigenvalue weighted by molar-refractivity contribution is 7.09. The Bertz CT molecular complexity index is 498. The summed E-state index contributed by atoms with van der Waals surface area (Å²) in [5, 5.41) is 19.2. The highest BCUT2D eigenvalue weighted by atomic mass is 32.1. The minimum Gasteiger partial charge on any atom is -0.396 e. The molecule has 0 amide bonds. The number of hydrogen-bond acceptors (Lipinski definition) is 5. The third-order valence-electron chi connectivity index (χ3n) is 4.10. The van der Waals surface area contributed by atoms with E-state index in [-0.39, 0.29) is 12.0 Å². The molecule has 0 bridgehead atoms. The molecule has 1 aromatic rings. The Morgan fingerprint density at radius 1 is 1.48 bits per heavy atom. The van der Waals surface area contributed by atoms with E-state index in [0.29, 0.717) is 13.2 Å². The number of aliphatic hydroxyl groups is 1. The molecule has 1 saturated heterocycles. The maximum absolute atomic E-state index is 9.30. The third kappa shape index (κ3) is 5.44. The van der Waals surface area contributed by atoms with E-state index >= 15 is 0 Å². The monoisotopic (exact) mass is 340 g/mol. The van der Waals surface area contributed by atoms with E-state index in [4.69, 9.17) is 4.74 Å². The van der Waals surface area contributed by atoms with E-state index in [1.165, 1.54) is 0 Å². The van der Waals surface area contributed by atoms with Crippen LogP contribution in [0.1, 0.15) is 37.4 Å². The minimum atomic E-state index is 0.0148. The second-order valence-electron chi connectivity index (χ2n) is 5.91. The Kier molecular flexibility index (Phi) is 7.26. The van der Waals surface area contributed by atoms with Crippen LogP contribution in [0.4, 0.5) is 0 Å². The molecule has 0 saturated carbocycles. The Morgan fingerprint density at radius 3 is 2.96 bits per heavy atom. The molecule has 1 aliphatic rings. The van der Waals surface area contributed by atoms with E-state index < -0.39 is 0 Å². The van der Waals surface area contributed by atoms with Crippen LogP contribution in [0, 0.1) is 5.41 Å². The zero-order chi connectivity index (χ0) is 16.5. The lowest BCUT2D eigenvalue weighted by molar-refractivity contribution is 0.127. The Morgan fingerprint density at radius 2 is 2.35 bits per heavy atom. The number of aromatic nitrogens is 1. The lowest BCUT2D eigenvalue weighted by Gasteiger charge is -2.27. The molecule has 0 aromatic carbocycles. The quantitative estimate of drug-likeness (QED) is 0.494. The molecule has 0 radical (unpaired) electrons. The molecule has 2 rings (SSSR count). The van der Waals surface area contributed by atoms with Gasteiger partial charge in [-0.05, 0) is 26.2 Å². The molecule has 7 heteroatoms. The highest BCUT2D eigenvalue weighted by Gasteiger charge is 2.34. The number of rotatable bonds is 8. The van der Waals surface area contributed by atoms with Gasteiger partial charge in [-0.15, -0.1) is 11.3 Å². The summed E-state index contributed by atoms with van der Waals surface area (Å²) in [4.78, 5) is 9.16. The summed E-state index contributed by atoms with van der Waals surface area (Å²) in [6, 6.07) is 0. The number of nitrogens with zero attached hydrogens (tertiary/aromatic N) is 2. The predicted molar refractivity (Wildman–Crippen MR) is 93.9 cm³/mol. The van der Waals surface area contributed by atoms with Crippen LogP contribution in [-0.2, 0) is 17.7 Å². The summed E-state index contributed by atoms with van der Waals surface area (Å²) < 4.78 is 5.53. The number of thiazole rings is 1. The average molecular weight is 340 g/mol. The maximum Gasteiger partial charge on any atom is 0.191 e. The smallest absolute Gasteiger partial charge is 0.191 e. The van der Waals surface area contributed by atoms with Gasteiger partial charge in [0.25, 0.3) is 0 Å². The summed E-state index contributed by atoms with van der Waals surface area (Å²) in [7, 11) is 0. The summed E-state index contributed by atoms with van der Waals surface area (Å²) >= 11 is 1.69. The van der Waals surface area contributed by atoms with Gasteiger partial charge in [0, 0.05) is 37.1 Å². The molecule has 23 heavy (non-hydrogen) atoms. The van der Waals surface area contributed by atoms with Gasteiger partial charge >= 0.3 is 0 Å². The van der Waals surface area contributed by atoms with Gasteiger partial charge in [0.05, 0.1) is 23.9 Å². The van der Waals surface area contributed by atoms with Crippen molar-refractivity contribution in [3.05, 3.63) is 16.1 Å². The lowest BCUT2D eigenvalue weighted by atomic mass is 9.84. The number of aliphatic imine (C=N–C) groups is 1. The number of guanidine groups is 1. The summed E-state index contributed by atoms with van der Waals surface area (Å²) in [5.74, 6) is 0.794. The van der Waals surface area contributed by atoms with Crippen molar-refractivity contribution in [1.29, 1.82) is 0 Å². The van der Waals surface area contributed by atoms with Crippen LogP contribution in [0.15, 0.2) is 10.4 Å². The van der Waals surface area contributed by atoms with E-state index in [2.05, 4.69) is 39.8 Å². The first-order valence-electron chi connectivity index (χ1n) is 8.35. The van der Waals surface area contributed by atoms with Crippen molar-refractivity contribution in [2.24, 2.45) is 10.4 Å². The summed E-state index contributed by atoms with van der Waals surface area (Å²) in [6.45, 7) is 7.98. The third-order valence-corrected chi connectivity index (χ3v) is 5.15. The van der Waals surface area contributed by atoms with Crippen LogP contribution >= 0.6 is 11.3 Å². The minimum absolute atomic E-state index is 0.0148. The summed E-state index contributed by atoms with van der Waals surface area (Å²) in [5.41, 5.74) is 1.03. The molecular formula is C16H28N4O2S. The number of hydrogen-bond donors (Lipinski definition) is 3. The molecule has 130 valence electrons. The second-order valence-corrected chi connectivity index (χ2v) is 6.85. The van der Waals surface area contributed by atoms with Crippen molar-refractivity contribution in [2.75, 3.05) is 32.9 Å². The molecule has 6 nitrogen and oxygen atoms in total. The molecule has 3 N–H and O–H groups in total. The van der Waals surface area contributed by atoms with Crippen LogP contribution in [0.3, 0.4) is 0 Å². The molecule has 0 aliphatic carbocycles. The zero-order valence-electron chi connectivity index (χ0n) is 14.1. The number of ether oxygens (including phenoxy) is 1. The zero-order valence-corrected chi connectivity index (χ0v) is 14.9. The van der Waals surface area contributed by atoms with Crippen molar-refractivity contribution >= 4 is 17.3 Å². The van der Waals surface area contributed by atoms with Crippen LogP contribution in [0.25, 0.3) is 0 Å². The molecule has 1 unspecified atom stereocenters. The Labute approximate surface area is 142 Å². The van der Waals surface area contributed by atoms with Gasteiger partial charge in [-0.1, -0.05) is 6.92 Å². The average Bonchev–Trinajstić information content (AvgIpc) is 3.20. The van der Waals surface area contributed by atoms with Gasteiger partial charge in [-0.25, -0.2) is 9.98 Å². The van der Waals surface area contributed by atoms with E-state index in [1.54, 1.807) is 11.3 Å². The first-order chi connectivity index (χ1) is 11.2. The normalized spacial score (nSPS) is 21.6. The Balaban J connectivity index is 1.92. The van der Waals surface area contributed by atoms with Crippen LogP contribution in [-0.4, -0.2) is 49.0 Å². The SMILES string of the molecule is CCNC(=NCc1csc(CC)n1)NCC1(CCO)CCOC1. The van der Waals surface area contributed by atoms with Crippen molar-refractivity contribution in [1.82, 2.24) is 15.6 Å².